The SMILES string of the molecule is COC(=O)Cc1nc2c(C)cccn2c1N=Nc1ccccc1C. The van der Waals surface area contributed by atoms with E-state index in [1.807, 2.05) is 60.8 Å². The van der Waals surface area contributed by atoms with Crippen molar-refractivity contribution in [3.05, 3.63) is 59.4 Å². The smallest absolute Gasteiger partial charge is 0.311 e. The minimum Gasteiger partial charge on any atom is -0.469 e. The predicted octanol–water partition coefficient (Wildman–Crippen LogP) is 4.08. The van der Waals surface area contributed by atoms with Crippen LogP contribution in [0.1, 0.15) is 16.8 Å². The third kappa shape index (κ3) is 3.03. The average Bonchev–Trinajstić information content (AvgIpc) is 2.93. The monoisotopic (exact) mass is 322 g/mol. The van der Waals surface area contributed by atoms with Crippen LogP contribution in [0.5, 0.6) is 0 Å². The van der Waals surface area contributed by atoms with Gasteiger partial charge in [0.1, 0.15) is 5.65 Å². The first-order valence-electron chi connectivity index (χ1n) is 7.61. The summed E-state index contributed by atoms with van der Waals surface area (Å²) in [5.41, 5.74) is 4.12. The number of hydrogen-bond acceptors (Lipinski definition) is 5. The molecule has 0 atom stereocenters. The molecule has 6 nitrogen and oxygen atoms in total. The number of methoxy groups -OCH3 is 1. The fourth-order valence-corrected chi connectivity index (χ4v) is 2.45. The summed E-state index contributed by atoms with van der Waals surface area (Å²) in [6.07, 6.45) is 1.92. The second-order valence-corrected chi connectivity index (χ2v) is 5.51. The Labute approximate surface area is 139 Å². The molecule has 2 aromatic heterocycles. The number of aromatic nitrogens is 2. The topological polar surface area (TPSA) is 68.3 Å². The second-order valence-electron chi connectivity index (χ2n) is 5.51. The van der Waals surface area contributed by atoms with Crippen LogP contribution in [0.15, 0.2) is 52.8 Å². The molecular weight excluding hydrogens is 304 g/mol. The number of hydrogen-bond donors (Lipinski definition) is 0. The van der Waals surface area contributed by atoms with Gasteiger partial charge < -0.3 is 4.74 Å². The second kappa shape index (κ2) is 6.62. The van der Waals surface area contributed by atoms with E-state index in [-0.39, 0.29) is 12.4 Å². The number of benzene rings is 1. The van der Waals surface area contributed by atoms with Crippen LogP contribution in [0.2, 0.25) is 0 Å². The molecule has 1 aromatic carbocycles. The maximum absolute atomic E-state index is 11.7. The van der Waals surface area contributed by atoms with Crippen molar-refractivity contribution in [2.45, 2.75) is 20.3 Å². The van der Waals surface area contributed by atoms with Crippen LogP contribution in [0.25, 0.3) is 5.65 Å². The van der Waals surface area contributed by atoms with Gasteiger partial charge in [-0.25, -0.2) is 4.98 Å². The molecule has 0 aliphatic rings. The molecular formula is C18H18N4O2. The Morgan fingerprint density at radius 2 is 1.88 bits per heavy atom. The molecule has 3 aromatic rings. The summed E-state index contributed by atoms with van der Waals surface area (Å²) in [5, 5.41) is 8.71. The van der Waals surface area contributed by atoms with Crippen molar-refractivity contribution >= 4 is 23.1 Å². The zero-order valence-corrected chi connectivity index (χ0v) is 13.9. The number of rotatable bonds is 4. The highest BCUT2D eigenvalue weighted by Crippen LogP contribution is 2.27. The number of aryl methyl sites for hydroxylation is 2. The molecule has 24 heavy (non-hydrogen) atoms. The number of fused-ring (bicyclic) bond motifs is 1. The molecule has 0 radical (unpaired) electrons. The van der Waals surface area contributed by atoms with Gasteiger partial charge in [0, 0.05) is 6.20 Å². The van der Waals surface area contributed by atoms with E-state index < -0.39 is 0 Å². The van der Waals surface area contributed by atoms with Crippen LogP contribution >= 0.6 is 0 Å². The van der Waals surface area contributed by atoms with Crippen molar-refractivity contribution in [1.29, 1.82) is 0 Å². The Hall–Kier alpha value is -3.02. The summed E-state index contributed by atoms with van der Waals surface area (Å²) in [6.45, 7) is 3.94. The number of carbonyl (C=O) groups excluding carboxylic acids is 1. The van der Waals surface area contributed by atoms with Crippen molar-refractivity contribution in [3.63, 3.8) is 0 Å². The zero-order valence-electron chi connectivity index (χ0n) is 13.9. The Bertz CT molecular complexity index is 928. The van der Waals surface area contributed by atoms with Crippen molar-refractivity contribution in [2.75, 3.05) is 7.11 Å². The number of nitrogens with zero attached hydrogens (tertiary/aromatic N) is 4. The van der Waals surface area contributed by atoms with Gasteiger partial charge in [-0.05, 0) is 37.1 Å². The Balaban J connectivity index is 2.10. The number of azo groups is 1. The van der Waals surface area contributed by atoms with Gasteiger partial charge in [0.25, 0.3) is 0 Å². The van der Waals surface area contributed by atoms with Crippen LogP contribution in [-0.2, 0) is 16.0 Å². The normalized spacial score (nSPS) is 11.3. The van der Waals surface area contributed by atoms with Crippen molar-refractivity contribution in [2.24, 2.45) is 10.2 Å². The lowest BCUT2D eigenvalue weighted by Gasteiger charge is -2.00. The molecule has 0 aliphatic heterocycles. The van der Waals surface area contributed by atoms with Crippen LogP contribution < -0.4 is 0 Å². The highest BCUT2D eigenvalue weighted by Gasteiger charge is 2.16. The van der Waals surface area contributed by atoms with Gasteiger partial charge in [-0.1, -0.05) is 24.3 Å². The summed E-state index contributed by atoms with van der Waals surface area (Å²) in [7, 11) is 1.36. The van der Waals surface area contributed by atoms with Crippen molar-refractivity contribution < 1.29 is 9.53 Å². The third-order valence-electron chi connectivity index (χ3n) is 3.80. The fraction of sp³-hybridized carbons (Fsp3) is 0.222. The summed E-state index contributed by atoms with van der Waals surface area (Å²) in [6, 6.07) is 11.6. The molecule has 2 heterocycles. The van der Waals surface area contributed by atoms with Crippen LogP contribution in [-0.4, -0.2) is 22.5 Å². The highest BCUT2D eigenvalue weighted by molar-refractivity contribution is 5.74. The minimum atomic E-state index is -0.358. The van der Waals surface area contributed by atoms with E-state index in [1.165, 1.54) is 7.11 Å². The standard InChI is InChI=1S/C18H18N4O2/c1-12-7-4-5-9-14(12)20-21-18-15(11-16(23)24-3)19-17-13(2)8-6-10-22(17)18/h4-10H,11H2,1-3H3. The van der Waals surface area contributed by atoms with E-state index in [2.05, 4.69) is 15.2 Å². The largest absolute Gasteiger partial charge is 0.469 e. The Morgan fingerprint density at radius 1 is 1.12 bits per heavy atom. The predicted molar refractivity (Wildman–Crippen MR) is 91.0 cm³/mol. The van der Waals surface area contributed by atoms with Gasteiger partial charge in [0.15, 0.2) is 5.82 Å². The molecule has 0 saturated carbocycles. The maximum Gasteiger partial charge on any atom is 0.311 e. The van der Waals surface area contributed by atoms with E-state index in [0.717, 1.165) is 22.5 Å². The molecule has 6 heteroatoms. The van der Waals surface area contributed by atoms with Gasteiger partial charge in [0.05, 0.1) is 24.9 Å². The molecule has 0 aliphatic carbocycles. The van der Waals surface area contributed by atoms with Gasteiger partial charge in [-0.3, -0.25) is 9.20 Å². The van der Waals surface area contributed by atoms with Crippen LogP contribution in [0.3, 0.4) is 0 Å². The molecule has 0 bridgehead atoms. The number of pyridine rings is 1. The lowest BCUT2D eigenvalue weighted by atomic mass is 10.2. The number of esters is 1. The average molecular weight is 322 g/mol. The summed E-state index contributed by atoms with van der Waals surface area (Å²) in [5.74, 6) is 0.186. The van der Waals surface area contributed by atoms with Crippen LogP contribution in [0, 0.1) is 13.8 Å². The van der Waals surface area contributed by atoms with E-state index in [0.29, 0.717) is 11.5 Å². The lowest BCUT2D eigenvalue weighted by Crippen LogP contribution is -2.04. The molecule has 0 N–H and O–H groups in total. The van der Waals surface area contributed by atoms with Gasteiger partial charge >= 0.3 is 5.97 Å². The fourth-order valence-electron chi connectivity index (χ4n) is 2.45. The molecule has 0 spiro atoms. The van der Waals surface area contributed by atoms with Crippen LogP contribution in [0.4, 0.5) is 11.5 Å². The van der Waals surface area contributed by atoms with E-state index in [1.54, 1.807) is 0 Å². The van der Waals surface area contributed by atoms with Gasteiger partial charge in [0.2, 0.25) is 0 Å². The molecule has 3 rings (SSSR count). The summed E-state index contributed by atoms with van der Waals surface area (Å²) >= 11 is 0. The summed E-state index contributed by atoms with van der Waals surface area (Å²) < 4.78 is 6.60. The lowest BCUT2D eigenvalue weighted by molar-refractivity contribution is -0.139. The number of carbonyl (C=O) groups is 1. The van der Waals surface area contributed by atoms with Gasteiger partial charge in [-0.2, -0.15) is 0 Å². The molecule has 0 fully saturated rings. The van der Waals surface area contributed by atoms with E-state index >= 15 is 0 Å². The Morgan fingerprint density at radius 3 is 2.62 bits per heavy atom. The first kappa shape index (κ1) is 15.9. The first-order chi connectivity index (χ1) is 11.6. The number of imidazole rings is 1. The minimum absolute atomic E-state index is 0.0553. The molecule has 0 saturated heterocycles. The van der Waals surface area contributed by atoms with E-state index in [4.69, 9.17) is 4.74 Å². The summed E-state index contributed by atoms with van der Waals surface area (Å²) in [4.78, 5) is 16.2. The molecule has 122 valence electrons. The van der Waals surface area contributed by atoms with Crippen molar-refractivity contribution in [1.82, 2.24) is 9.38 Å². The zero-order chi connectivity index (χ0) is 17.1. The van der Waals surface area contributed by atoms with Crippen molar-refractivity contribution in [3.8, 4) is 0 Å². The molecule has 0 unspecified atom stereocenters. The van der Waals surface area contributed by atoms with Gasteiger partial charge in [-0.15, -0.1) is 10.2 Å². The van der Waals surface area contributed by atoms with E-state index in [9.17, 15) is 4.79 Å². The number of ether oxygens (including phenoxy) is 1. The first-order valence-corrected chi connectivity index (χ1v) is 7.61. The molecule has 0 amide bonds. The maximum atomic E-state index is 11.7. The Kier molecular flexibility index (Phi) is 4.37. The highest BCUT2D eigenvalue weighted by atomic mass is 16.5. The third-order valence-corrected chi connectivity index (χ3v) is 3.80. The quantitative estimate of drug-likeness (QED) is 0.537.